The van der Waals surface area contributed by atoms with Crippen LogP contribution in [0.5, 0.6) is 0 Å². The van der Waals surface area contributed by atoms with Crippen LogP contribution < -0.4 is 0 Å². The highest BCUT2D eigenvalue weighted by atomic mass is 19.4. The second-order valence-electron chi connectivity index (χ2n) is 6.35. The van der Waals surface area contributed by atoms with Crippen LogP contribution in [0.4, 0.5) is 26.3 Å². The lowest BCUT2D eigenvalue weighted by Gasteiger charge is -2.34. The van der Waals surface area contributed by atoms with E-state index in [4.69, 9.17) is 0 Å². The van der Waals surface area contributed by atoms with E-state index in [1.54, 1.807) is 0 Å². The quantitative estimate of drug-likeness (QED) is 0.648. The maximum atomic E-state index is 12.9. The van der Waals surface area contributed by atoms with Crippen LogP contribution in [0.3, 0.4) is 0 Å². The fraction of sp³-hybridized carbons (Fsp3) is 0.278. The van der Waals surface area contributed by atoms with E-state index in [2.05, 4.69) is 15.4 Å². The highest BCUT2D eigenvalue weighted by molar-refractivity contribution is 5.40. The normalized spacial score (nSPS) is 14.1. The molecule has 0 radical (unpaired) electrons. The Bertz CT molecular complexity index is 893. The summed E-state index contributed by atoms with van der Waals surface area (Å²) in [7, 11) is 0. The highest BCUT2D eigenvalue weighted by Crippen LogP contribution is 2.41. The van der Waals surface area contributed by atoms with Gasteiger partial charge in [0, 0.05) is 0 Å². The standard InChI is InChI=1S/C18H14F6N4O/c1-11(28-26-10-25-27-28)16(29,12-2-6-14(7-3-12)17(19,20)21)13-4-8-15(9-5-13)18(22,23)24/h2-11,29H,1H3. The van der Waals surface area contributed by atoms with E-state index in [1.165, 1.54) is 6.92 Å². The summed E-state index contributed by atoms with van der Waals surface area (Å²) in [6.45, 7) is 1.47. The van der Waals surface area contributed by atoms with E-state index < -0.39 is 35.1 Å². The van der Waals surface area contributed by atoms with Crippen LogP contribution in [0, 0.1) is 0 Å². The summed E-state index contributed by atoms with van der Waals surface area (Å²) in [4.78, 5) is 1.02. The van der Waals surface area contributed by atoms with Crippen molar-refractivity contribution in [2.45, 2.75) is 30.9 Å². The van der Waals surface area contributed by atoms with Crippen molar-refractivity contribution in [1.82, 2.24) is 20.2 Å². The minimum atomic E-state index is -4.58. The lowest BCUT2D eigenvalue weighted by Crippen LogP contribution is -2.37. The molecule has 1 unspecified atom stereocenters. The average molecular weight is 416 g/mol. The first-order chi connectivity index (χ1) is 13.4. The van der Waals surface area contributed by atoms with E-state index >= 15 is 0 Å². The number of rotatable bonds is 4. The van der Waals surface area contributed by atoms with Gasteiger partial charge in [-0.3, -0.25) is 0 Å². The Labute approximate surface area is 160 Å². The molecule has 5 nitrogen and oxygen atoms in total. The Balaban J connectivity index is 2.12. The first kappa shape index (κ1) is 20.8. The summed E-state index contributed by atoms with van der Waals surface area (Å²) in [6.07, 6.45) is -8.06. The number of nitrogens with zero attached hydrogens (tertiary/aromatic N) is 4. The molecule has 0 aliphatic carbocycles. The minimum Gasteiger partial charge on any atom is -0.378 e. The molecule has 0 saturated carbocycles. The number of aliphatic hydroxyl groups is 1. The van der Waals surface area contributed by atoms with Crippen molar-refractivity contribution in [3.8, 4) is 0 Å². The smallest absolute Gasteiger partial charge is 0.378 e. The van der Waals surface area contributed by atoms with Gasteiger partial charge in [-0.05, 0) is 47.5 Å². The van der Waals surface area contributed by atoms with Gasteiger partial charge in [-0.25, -0.2) is 0 Å². The molecule has 0 spiro atoms. The first-order valence-corrected chi connectivity index (χ1v) is 8.24. The SMILES string of the molecule is CC(n1ncnn1)C(O)(c1ccc(C(F)(F)F)cc1)c1ccc(C(F)(F)F)cc1. The molecular formula is C18H14F6N4O. The molecule has 0 saturated heterocycles. The van der Waals surface area contributed by atoms with E-state index in [-0.39, 0.29) is 11.1 Å². The first-order valence-electron chi connectivity index (χ1n) is 8.24. The van der Waals surface area contributed by atoms with Crippen molar-refractivity contribution in [3.05, 3.63) is 77.1 Å². The fourth-order valence-corrected chi connectivity index (χ4v) is 3.00. The van der Waals surface area contributed by atoms with Crippen molar-refractivity contribution in [1.29, 1.82) is 0 Å². The van der Waals surface area contributed by atoms with Gasteiger partial charge in [-0.1, -0.05) is 24.3 Å². The third-order valence-corrected chi connectivity index (χ3v) is 4.62. The summed E-state index contributed by atoms with van der Waals surface area (Å²) >= 11 is 0. The number of hydrogen-bond donors (Lipinski definition) is 1. The van der Waals surface area contributed by atoms with Crippen molar-refractivity contribution >= 4 is 0 Å². The van der Waals surface area contributed by atoms with Crippen LogP contribution in [-0.2, 0) is 18.0 Å². The fourth-order valence-electron chi connectivity index (χ4n) is 3.00. The lowest BCUT2D eigenvalue weighted by atomic mass is 9.80. The van der Waals surface area contributed by atoms with Crippen LogP contribution >= 0.6 is 0 Å². The van der Waals surface area contributed by atoms with Gasteiger partial charge < -0.3 is 5.11 Å². The van der Waals surface area contributed by atoms with Crippen molar-refractivity contribution in [2.75, 3.05) is 0 Å². The molecule has 2 aromatic carbocycles. The molecule has 0 amide bonds. The monoisotopic (exact) mass is 416 g/mol. The molecule has 3 rings (SSSR count). The Kier molecular flexibility index (Phi) is 5.11. The molecule has 3 aromatic rings. The Hall–Kier alpha value is -2.95. The molecule has 11 heteroatoms. The van der Waals surface area contributed by atoms with Crippen LogP contribution in [0.1, 0.15) is 35.2 Å². The third-order valence-electron chi connectivity index (χ3n) is 4.62. The van der Waals surface area contributed by atoms with Crippen molar-refractivity contribution in [3.63, 3.8) is 0 Å². The van der Waals surface area contributed by atoms with Crippen molar-refractivity contribution < 1.29 is 31.4 Å². The topological polar surface area (TPSA) is 63.8 Å². The van der Waals surface area contributed by atoms with E-state index in [9.17, 15) is 31.4 Å². The second-order valence-corrected chi connectivity index (χ2v) is 6.35. The zero-order valence-electron chi connectivity index (χ0n) is 14.8. The van der Waals surface area contributed by atoms with Crippen LogP contribution in [0.25, 0.3) is 0 Å². The zero-order chi connectivity index (χ0) is 21.4. The molecule has 0 aliphatic rings. The Morgan fingerprint density at radius 3 is 1.45 bits per heavy atom. The number of halogens is 6. The lowest BCUT2D eigenvalue weighted by molar-refractivity contribution is -0.138. The van der Waals surface area contributed by atoms with Crippen LogP contribution in [-0.4, -0.2) is 25.3 Å². The minimum absolute atomic E-state index is 0.0232. The summed E-state index contributed by atoms with van der Waals surface area (Å²) in [5, 5.41) is 22.5. The molecule has 1 atom stereocenters. The van der Waals surface area contributed by atoms with Crippen LogP contribution in [0.15, 0.2) is 54.9 Å². The highest BCUT2D eigenvalue weighted by Gasteiger charge is 2.41. The van der Waals surface area contributed by atoms with Gasteiger partial charge in [0.2, 0.25) is 0 Å². The summed E-state index contributed by atoms with van der Waals surface area (Å²) in [5.74, 6) is 0. The second kappa shape index (κ2) is 7.14. The number of aromatic nitrogens is 4. The van der Waals surface area contributed by atoms with E-state index in [0.717, 1.165) is 59.7 Å². The van der Waals surface area contributed by atoms with Gasteiger partial charge in [-0.15, -0.1) is 10.2 Å². The number of benzene rings is 2. The van der Waals surface area contributed by atoms with Gasteiger partial charge in [-0.2, -0.15) is 31.1 Å². The predicted octanol–water partition coefficient (Wildman–Crippen LogP) is 4.21. The van der Waals surface area contributed by atoms with Crippen LogP contribution in [0.2, 0.25) is 0 Å². The Morgan fingerprint density at radius 1 is 0.759 bits per heavy atom. The Morgan fingerprint density at radius 2 is 1.14 bits per heavy atom. The largest absolute Gasteiger partial charge is 0.416 e. The summed E-state index contributed by atoms with van der Waals surface area (Å²) in [6, 6.07) is 6.39. The molecule has 0 aliphatic heterocycles. The summed E-state index contributed by atoms with van der Waals surface area (Å²) in [5.41, 5.74) is -3.84. The molecular weight excluding hydrogens is 402 g/mol. The molecule has 0 fully saturated rings. The number of alkyl halides is 6. The molecule has 0 bridgehead atoms. The van der Waals surface area contributed by atoms with Gasteiger partial charge >= 0.3 is 12.4 Å². The molecule has 154 valence electrons. The van der Waals surface area contributed by atoms with Gasteiger partial charge in [0.25, 0.3) is 0 Å². The average Bonchev–Trinajstić information content (AvgIpc) is 3.20. The maximum Gasteiger partial charge on any atom is 0.416 e. The van der Waals surface area contributed by atoms with E-state index in [1.807, 2.05) is 0 Å². The zero-order valence-corrected chi connectivity index (χ0v) is 14.8. The maximum absolute atomic E-state index is 12.9. The summed E-state index contributed by atoms with van der Waals surface area (Å²) < 4.78 is 77.3. The van der Waals surface area contributed by atoms with Gasteiger partial charge in [0.05, 0.1) is 11.1 Å². The molecule has 1 aromatic heterocycles. The third kappa shape index (κ3) is 3.95. The number of tetrazole rings is 1. The van der Waals surface area contributed by atoms with Gasteiger partial charge in [0.15, 0.2) is 6.33 Å². The predicted molar refractivity (Wildman–Crippen MR) is 88.4 cm³/mol. The van der Waals surface area contributed by atoms with Gasteiger partial charge in [0.1, 0.15) is 11.6 Å². The van der Waals surface area contributed by atoms with E-state index in [0.29, 0.717) is 0 Å². The van der Waals surface area contributed by atoms with Crippen molar-refractivity contribution in [2.24, 2.45) is 0 Å². The number of hydrogen-bond acceptors (Lipinski definition) is 4. The molecule has 1 heterocycles. The molecule has 1 N–H and O–H groups in total. The molecule has 29 heavy (non-hydrogen) atoms.